The summed E-state index contributed by atoms with van der Waals surface area (Å²) in [6.45, 7) is 0. The first-order valence-corrected chi connectivity index (χ1v) is 36.9. The van der Waals surface area contributed by atoms with Gasteiger partial charge >= 0.3 is 89.8 Å². The van der Waals surface area contributed by atoms with Crippen LogP contribution in [0.4, 0.5) is 0 Å². The Morgan fingerprint density at radius 2 is 0.214 bits per heavy atom. The number of carboxylic acid groups (broad SMARTS) is 8. The number of nitrogens with zero attached hydrogens (tertiary/aromatic N) is 20. The normalized spacial score (nSPS) is 8.57. The van der Waals surface area contributed by atoms with Crippen LogP contribution < -0.4 is 20.4 Å². The molecule has 16 aromatic heterocycles. The van der Waals surface area contributed by atoms with E-state index in [0.717, 1.165) is 91.1 Å². The van der Waals surface area contributed by atoms with Crippen LogP contribution in [0.15, 0.2) is 390 Å². The van der Waals surface area contributed by atoms with Crippen LogP contribution in [-0.2, 0) is 104 Å². The number of hydrogen-bond donors (Lipinski definition) is 4. The predicted molar refractivity (Wildman–Crippen MR) is 472 cm³/mol. The number of aromatic nitrogens is 16. The Kier molecular flexibility index (Phi) is 73.4. The van der Waals surface area contributed by atoms with Gasteiger partial charge in [0.25, 0.3) is 0 Å². The molecule has 0 saturated carbocycles. The molecule has 140 heavy (non-hydrogen) atoms. The van der Waals surface area contributed by atoms with Gasteiger partial charge in [-0.05, 0) is 194 Å². The topological polar surface area (TPSA) is 781 Å². The number of carboxylic acids is 8. The number of pyridine rings is 16. The van der Waals surface area contributed by atoms with Crippen molar-refractivity contribution >= 4 is 47.8 Å². The van der Waals surface area contributed by atoms with Gasteiger partial charge in [0.15, 0.2) is 0 Å². The van der Waals surface area contributed by atoms with Crippen molar-refractivity contribution in [1.29, 1.82) is 0 Å². The van der Waals surface area contributed by atoms with Crippen LogP contribution in [0.5, 0.6) is 0 Å². The van der Waals surface area contributed by atoms with Crippen molar-refractivity contribution in [3.05, 3.63) is 452 Å². The first-order chi connectivity index (χ1) is 65.2. The molecular formula is C88H68N20Ni4O28. The van der Waals surface area contributed by atoms with Gasteiger partial charge in [0.1, 0.15) is 0 Å². The minimum Gasteiger partial charge on any atom is -0.543 e. The minimum absolute atomic E-state index is 0. The molecule has 16 rings (SSSR count). The van der Waals surface area contributed by atoms with Crippen molar-refractivity contribution in [3.63, 3.8) is 0 Å². The van der Waals surface area contributed by atoms with Crippen LogP contribution in [0, 0.1) is 61.3 Å². The summed E-state index contributed by atoms with van der Waals surface area (Å²) in [7, 11) is 0. The van der Waals surface area contributed by atoms with Crippen molar-refractivity contribution in [3.8, 4) is 91.1 Å². The van der Waals surface area contributed by atoms with Crippen LogP contribution in [0.2, 0.25) is 0 Å². The van der Waals surface area contributed by atoms with Crippen molar-refractivity contribution in [2.24, 2.45) is 0 Å². The molecule has 52 heteroatoms. The van der Waals surface area contributed by atoms with E-state index in [2.05, 4.69) is 79.7 Å². The van der Waals surface area contributed by atoms with Gasteiger partial charge in [-0.3, -0.25) is 79.7 Å². The number of hydrogen-bond acceptors (Lipinski definition) is 40. The van der Waals surface area contributed by atoms with Crippen LogP contribution in [0.3, 0.4) is 0 Å². The fraction of sp³-hybridized carbons (Fsp3) is 0. The van der Waals surface area contributed by atoms with E-state index in [4.69, 9.17) is 140 Å². The van der Waals surface area contributed by atoms with Crippen LogP contribution >= 0.6 is 0 Å². The maximum Gasteiger partial charge on any atom is 2.00 e. The van der Waals surface area contributed by atoms with E-state index < -0.39 is 68.1 Å². The molecule has 0 atom stereocenters. The molecule has 4 N–H and O–H groups in total. The summed E-state index contributed by atoms with van der Waals surface area (Å²) < 4.78 is 0. The van der Waals surface area contributed by atoms with Gasteiger partial charge in [0.05, 0.1) is 135 Å². The fourth-order valence-electron chi connectivity index (χ4n) is 8.23. The summed E-state index contributed by atoms with van der Waals surface area (Å²) >= 11 is 0. The molecule has 0 saturated heterocycles. The molecule has 0 spiro atoms. The van der Waals surface area contributed by atoms with E-state index in [-0.39, 0.29) is 66.0 Å². The van der Waals surface area contributed by atoms with Gasteiger partial charge in [-0.25, -0.2) is 19.2 Å². The van der Waals surface area contributed by atoms with Gasteiger partial charge in [-0.1, -0.05) is 97.1 Å². The molecule has 0 aliphatic rings. The number of aliphatic carboxylic acids is 8. The third-order valence-electron chi connectivity index (χ3n) is 13.4. The first kappa shape index (κ1) is 127. The molecule has 0 aliphatic carbocycles. The number of carbonyl (C=O) groups excluding carboxylic acids is 4. The molecule has 16 heterocycles. The first-order valence-electron chi connectivity index (χ1n) is 36.9. The molecule has 16 aromatic rings. The Balaban J connectivity index is -0.000000714. The standard InChI is InChI=1S/8C10H8N2.4C2H2O4.4NO3.4Ni/c8*1-3-7-11-9(5-1)10-6-2-4-8-12-10;4*3-1(4)2(5)6;4*2-1(3)4;;;;/h8*1-8H;4*(H,3,4)(H,5,6);;;;;;;;/q;;;;;;;;;;;;4*-1;4*+2/p-4. The Morgan fingerprint density at radius 3 is 0.243 bits per heavy atom. The van der Waals surface area contributed by atoms with Crippen LogP contribution in [0.25, 0.3) is 91.1 Å². The third-order valence-corrected chi connectivity index (χ3v) is 13.4. The second-order valence-corrected chi connectivity index (χ2v) is 22.7. The Labute approximate surface area is 830 Å². The van der Waals surface area contributed by atoms with Gasteiger partial charge in [0.2, 0.25) is 0 Å². The van der Waals surface area contributed by atoms with Gasteiger partial charge in [0, 0.05) is 99.1 Å². The van der Waals surface area contributed by atoms with Crippen LogP contribution in [0.1, 0.15) is 0 Å². The Hall–Kier alpha value is -19.1. The van der Waals surface area contributed by atoms with Crippen molar-refractivity contribution in [2.45, 2.75) is 0 Å². The van der Waals surface area contributed by atoms with Crippen molar-refractivity contribution in [1.82, 2.24) is 79.7 Å². The monoisotopic (exact) mass is 2080 g/mol. The summed E-state index contributed by atoms with van der Waals surface area (Å²) in [5.41, 5.74) is 14.6. The second kappa shape index (κ2) is 80.8. The van der Waals surface area contributed by atoms with E-state index in [0.29, 0.717) is 0 Å². The predicted octanol–water partition coefficient (Wildman–Crippen LogP) is 7.47. The molecular weight excluding hydrogens is 2020 g/mol. The zero-order valence-electron chi connectivity index (χ0n) is 70.7. The van der Waals surface area contributed by atoms with Crippen molar-refractivity contribution in [2.75, 3.05) is 0 Å². The smallest absolute Gasteiger partial charge is 0.543 e. The molecule has 0 radical (unpaired) electrons. The number of carbonyl (C=O) groups is 8. The van der Waals surface area contributed by atoms with Gasteiger partial charge in [-0.15, -0.1) is 0 Å². The Morgan fingerprint density at radius 1 is 0.157 bits per heavy atom. The van der Waals surface area contributed by atoms with E-state index in [1.165, 1.54) is 0 Å². The summed E-state index contributed by atoms with van der Waals surface area (Å²) in [4.78, 5) is 172. The molecule has 0 aliphatic heterocycles. The van der Waals surface area contributed by atoms with Gasteiger partial charge < -0.3 is 121 Å². The maximum absolute atomic E-state index is 9.10. The van der Waals surface area contributed by atoms with Crippen LogP contribution in [-0.4, -0.2) is 168 Å². The molecule has 0 fully saturated rings. The average Bonchev–Trinajstić information content (AvgIpc) is 0.927. The molecule has 0 unspecified atom stereocenters. The van der Waals surface area contributed by atoms with E-state index >= 15 is 0 Å². The fourth-order valence-corrected chi connectivity index (χ4v) is 8.23. The largest absolute Gasteiger partial charge is 2.00 e. The molecule has 728 valence electrons. The summed E-state index contributed by atoms with van der Waals surface area (Å²) in [6.07, 6.45) is 28.3. The minimum atomic E-state index is -2.19. The SMILES string of the molecule is O=C(O)C(=O)O.O=C(O)C(=O)O.O=C([O-])C(=O)[O-].O=C([O-])C(=O)[O-].O=[N+]([O-])[O-].O=[N+]([O-])[O-].O=[N+]([O-])[O-].O=[N+]([O-])[O-].[Ni+2].[Ni+2].[Ni+2].[Ni+2].c1ccc(-c2ccccn2)nc1.c1ccc(-c2ccccn2)nc1.c1ccc(-c2ccccn2)nc1.c1ccc(-c2ccccn2)nc1.c1ccc(-c2ccccn2)nc1.c1ccc(-c2ccccn2)nc1.c1ccc(-c2ccccn2)nc1.c1ccc(-c2ccccn2)nc1. The number of rotatable bonds is 8. The maximum atomic E-state index is 9.10. The van der Waals surface area contributed by atoms with E-state index in [9.17, 15) is 0 Å². The average molecular weight is 2090 g/mol. The third kappa shape index (κ3) is 67.2. The summed E-state index contributed by atoms with van der Waals surface area (Å²) in [5.74, 6) is -16.0. The molecule has 0 bridgehead atoms. The summed E-state index contributed by atoms with van der Waals surface area (Å²) in [6, 6.07) is 92.8. The molecule has 0 amide bonds. The quantitative estimate of drug-likeness (QED) is 0.0496. The molecule has 48 nitrogen and oxygen atoms in total. The van der Waals surface area contributed by atoms with E-state index in [1.54, 1.807) is 99.1 Å². The van der Waals surface area contributed by atoms with Crippen molar-refractivity contribution < 1.29 is 166 Å². The summed E-state index contributed by atoms with van der Waals surface area (Å²) in [5, 5.41) is 124. The Bertz CT molecular complexity index is 4640. The zero-order chi connectivity index (χ0) is 101. The molecule has 0 aromatic carbocycles. The van der Waals surface area contributed by atoms with E-state index in [1.807, 2.05) is 291 Å². The van der Waals surface area contributed by atoms with Gasteiger partial charge in [-0.2, -0.15) is 0 Å². The zero-order valence-corrected chi connectivity index (χ0v) is 74.7. The second-order valence-electron chi connectivity index (χ2n) is 22.7.